The van der Waals surface area contributed by atoms with Gasteiger partial charge in [-0.1, -0.05) is 85.2 Å². The van der Waals surface area contributed by atoms with Crippen LogP contribution in [-0.4, -0.2) is 223 Å². The molecule has 23 heteroatoms. The summed E-state index contributed by atoms with van der Waals surface area (Å²) < 4.78 is 45.4. The van der Waals surface area contributed by atoms with Crippen LogP contribution in [0.15, 0.2) is 54.1 Å². The number of likely N-dealkylation sites (tertiary alicyclic amines) is 1. The summed E-state index contributed by atoms with van der Waals surface area (Å²) in [4.78, 5) is 105. The lowest BCUT2D eigenvalue weighted by atomic mass is 9.89. The third kappa shape index (κ3) is 22.6. The molecule has 2 aromatic rings. The zero-order valence-corrected chi connectivity index (χ0v) is 51.8. The molecule has 4 rings (SSSR count). The summed E-state index contributed by atoms with van der Waals surface area (Å²) >= 11 is 1.49. The molecule has 2 aliphatic rings. The van der Waals surface area contributed by atoms with Crippen molar-refractivity contribution in [3.8, 4) is 0 Å². The molecule has 0 bridgehead atoms. The topological polar surface area (TPSA) is 243 Å². The third-order valence-corrected chi connectivity index (χ3v) is 16.1. The maximum absolute atomic E-state index is 14.7. The predicted molar refractivity (Wildman–Crippen MR) is 313 cm³/mol. The van der Waals surface area contributed by atoms with Crippen molar-refractivity contribution in [3.63, 3.8) is 0 Å². The number of amides is 7. The van der Waals surface area contributed by atoms with Crippen LogP contribution in [0.4, 0.5) is 0 Å². The fraction of sp³-hybridized carbons (Fsp3) is 0.700. The quantitative estimate of drug-likeness (QED) is 0.0687. The SMILES string of the molecule is CC[C@H](C)[C@@H]([C@@H](CC(=O)N1CCC[C@H]1[C@H](OC)[C@@H](C)C(=O)N[C@@H](Cc1ccccc1)c1nccs1)OC)N(C)C(=O)[C@@H](NC(=O)[C@H](C(C)C)N(C)C(=O)CCOCCOCCOCCOCCOCCOCCN1C(=O)C=CC1=O)C(C)C. The van der Waals surface area contributed by atoms with Crippen LogP contribution in [0.5, 0.6) is 0 Å². The van der Waals surface area contributed by atoms with Gasteiger partial charge in [0, 0.05) is 58.6 Å². The van der Waals surface area contributed by atoms with E-state index in [0.717, 1.165) is 21.9 Å². The number of hydrogen-bond donors (Lipinski definition) is 2. The molecule has 22 nitrogen and oxygen atoms in total. The van der Waals surface area contributed by atoms with Gasteiger partial charge in [0.25, 0.3) is 11.8 Å². The van der Waals surface area contributed by atoms with Gasteiger partial charge in [-0.2, -0.15) is 0 Å². The van der Waals surface area contributed by atoms with Crippen molar-refractivity contribution in [1.82, 2.24) is 35.2 Å². The molecule has 2 N–H and O–H groups in total. The summed E-state index contributed by atoms with van der Waals surface area (Å²) in [6.07, 6.45) is 5.54. The second-order valence-electron chi connectivity index (χ2n) is 21.7. The number of hydrogen-bond acceptors (Lipinski definition) is 17. The average Bonchev–Trinajstić information content (AvgIpc) is 4.43. The van der Waals surface area contributed by atoms with E-state index in [1.807, 2.05) is 84.2 Å². The zero-order chi connectivity index (χ0) is 60.8. The summed E-state index contributed by atoms with van der Waals surface area (Å²) in [5.41, 5.74) is 1.07. The van der Waals surface area contributed by atoms with Crippen LogP contribution in [0.2, 0.25) is 0 Å². The fourth-order valence-corrected chi connectivity index (χ4v) is 11.2. The Balaban J connectivity index is 1.20. The molecule has 2 aliphatic heterocycles. The Bertz CT molecular complexity index is 2280. The average molecular weight is 1190 g/mol. The Morgan fingerprint density at radius 1 is 0.723 bits per heavy atom. The van der Waals surface area contributed by atoms with Crippen molar-refractivity contribution in [1.29, 1.82) is 0 Å². The van der Waals surface area contributed by atoms with E-state index in [1.54, 1.807) is 44.3 Å². The molecule has 0 unspecified atom stereocenters. The molecule has 3 heterocycles. The highest BCUT2D eigenvalue weighted by Crippen LogP contribution is 2.31. The van der Waals surface area contributed by atoms with E-state index in [2.05, 4.69) is 15.6 Å². The lowest BCUT2D eigenvalue weighted by molar-refractivity contribution is -0.148. The van der Waals surface area contributed by atoms with Crippen LogP contribution in [0, 0.1) is 23.7 Å². The van der Waals surface area contributed by atoms with Gasteiger partial charge in [-0.3, -0.25) is 38.5 Å². The first kappa shape index (κ1) is 70.2. The van der Waals surface area contributed by atoms with Crippen LogP contribution in [0.3, 0.4) is 0 Å². The van der Waals surface area contributed by atoms with E-state index in [-0.39, 0.29) is 104 Å². The first-order valence-corrected chi connectivity index (χ1v) is 30.2. The van der Waals surface area contributed by atoms with E-state index in [9.17, 15) is 33.6 Å². The first-order chi connectivity index (χ1) is 39.9. The number of aromatic nitrogens is 1. The van der Waals surface area contributed by atoms with Crippen molar-refractivity contribution in [3.05, 3.63) is 64.6 Å². The zero-order valence-electron chi connectivity index (χ0n) is 51.0. The van der Waals surface area contributed by atoms with Gasteiger partial charge in [0.05, 0.1) is 135 Å². The predicted octanol–water partition coefficient (Wildman–Crippen LogP) is 4.50. The van der Waals surface area contributed by atoms with Crippen LogP contribution in [0.25, 0.3) is 0 Å². The second kappa shape index (κ2) is 37.9. The summed E-state index contributed by atoms with van der Waals surface area (Å²) in [6.45, 7) is 17.8. The van der Waals surface area contributed by atoms with Crippen LogP contribution in [-0.2, 0) is 77.9 Å². The van der Waals surface area contributed by atoms with Gasteiger partial charge in [-0.15, -0.1) is 11.3 Å². The molecular weight excluding hydrogens is 1090 g/mol. The number of nitrogens with zero attached hydrogens (tertiary/aromatic N) is 5. The minimum Gasteiger partial charge on any atom is -0.379 e. The smallest absolute Gasteiger partial charge is 0.253 e. The van der Waals surface area contributed by atoms with Gasteiger partial charge < -0.3 is 63.2 Å². The normalized spacial score (nSPS) is 17.3. The van der Waals surface area contributed by atoms with E-state index in [4.69, 9.17) is 37.9 Å². The summed E-state index contributed by atoms with van der Waals surface area (Å²) in [6, 6.07) is 6.84. The Morgan fingerprint density at radius 3 is 1.80 bits per heavy atom. The number of carbonyl (C=O) groups is 7. The number of imide groups is 1. The van der Waals surface area contributed by atoms with E-state index >= 15 is 0 Å². The largest absolute Gasteiger partial charge is 0.379 e. The van der Waals surface area contributed by atoms with Crippen LogP contribution in [0.1, 0.15) is 97.2 Å². The molecule has 0 radical (unpaired) electrons. The second-order valence-corrected chi connectivity index (χ2v) is 22.6. The Kier molecular flexibility index (Phi) is 32.1. The van der Waals surface area contributed by atoms with E-state index in [1.165, 1.54) is 28.4 Å². The molecule has 9 atom stereocenters. The molecule has 83 heavy (non-hydrogen) atoms. The Morgan fingerprint density at radius 2 is 1.29 bits per heavy atom. The van der Waals surface area contributed by atoms with Crippen LogP contribution < -0.4 is 10.6 Å². The molecule has 1 aromatic heterocycles. The van der Waals surface area contributed by atoms with Crippen LogP contribution >= 0.6 is 11.3 Å². The highest BCUT2D eigenvalue weighted by molar-refractivity contribution is 7.09. The molecule has 0 spiro atoms. The highest BCUT2D eigenvalue weighted by Gasteiger charge is 2.44. The van der Waals surface area contributed by atoms with Gasteiger partial charge in [0.2, 0.25) is 29.5 Å². The minimum atomic E-state index is -0.955. The molecule has 466 valence electrons. The van der Waals surface area contributed by atoms with Crippen molar-refractivity contribution in [2.75, 3.05) is 121 Å². The number of benzene rings is 1. The number of carbonyl (C=O) groups excluding carboxylic acids is 7. The number of rotatable bonds is 42. The van der Waals surface area contributed by atoms with Gasteiger partial charge in [-0.05, 0) is 42.6 Å². The molecule has 0 aliphatic carbocycles. The number of likely N-dealkylation sites (N-methyl/N-ethyl adjacent to an activating group) is 2. The van der Waals surface area contributed by atoms with Gasteiger partial charge in [0.1, 0.15) is 17.1 Å². The minimum absolute atomic E-state index is 0.0277. The van der Waals surface area contributed by atoms with Crippen molar-refractivity contribution < 1.29 is 71.5 Å². The van der Waals surface area contributed by atoms with E-state index < -0.39 is 42.2 Å². The van der Waals surface area contributed by atoms with Crippen molar-refractivity contribution in [2.45, 2.75) is 129 Å². The van der Waals surface area contributed by atoms with E-state index in [0.29, 0.717) is 85.3 Å². The van der Waals surface area contributed by atoms with Gasteiger partial charge in [-0.25, -0.2) is 4.98 Å². The molecule has 1 saturated heterocycles. The molecular formula is C60H95N7O15S. The Hall–Kier alpha value is -5.24. The molecule has 7 amide bonds. The lowest BCUT2D eigenvalue weighted by Gasteiger charge is -2.41. The summed E-state index contributed by atoms with van der Waals surface area (Å²) in [7, 11) is 6.39. The Labute approximate surface area is 495 Å². The molecule has 1 fully saturated rings. The number of thiazole rings is 1. The number of nitrogens with one attached hydrogen (secondary N) is 2. The lowest BCUT2D eigenvalue weighted by Crippen LogP contribution is -2.60. The highest BCUT2D eigenvalue weighted by atomic mass is 32.1. The maximum Gasteiger partial charge on any atom is 0.253 e. The molecule has 1 aromatic carbocycles. The standard InChI is InChI=1S/C60H95N7O15S/c1-12-43(6)55(48(75-10)40-52(71)66-24-16-19-47(66)56(76-11)44(7)57(72)62-46(59-61-23-38-83-59)39-45-17-14-13-15-18-45)65(9)60(74)53(41(2)3)63-58(73)54(42(4)5)64(8)49(68)22-26-77-28-30-79-32-34-81-36-37-82-35-33-80-31-29-78-27-25-67-50(69)20-21-51(67)70/h13-15,17-18,20-21,23,38,41-44,46-48,53-56H,12,16,19,22,24-37,39-40H2,1-11H3,(H,62,72)(H,63,73)/t43-,44+,46-,47-,48+,53-,54-,55-,56+/m0/s1. The summed E-state index contributed by atoms with van der Waals surface area (Å²) in [5.74, 6) is -3.46. The fourth-order valence-electron chi connectivity index (χ4n) is 10.5. The summed E-state index contributed by atoms with van der Waals surface area (Å²) in [5, 5.41) is 8.93. The number of methoxy groups -OCH3 is 2. The third-order valence-electron chi connectivity index (χ3n) is 15.2. The maximum atomic E-state index is 14.7. The molecule has 0 saturated carbocycles. The first-order valence-electron chi connectivity index (χ1n) is 29.3. The van der Waals surface area contributed by atoms with Gasteiger partial charge >= 0.3 is 0 Å². The number of ether oxygens (including phenoxy) is 8. The van der Waals surface area contributed by atoms with Gasteiger partial charge in [0.15, 0.2) is 0 Å². The van der Waals surface area contributed by atoms with Crippen molar-refractivity contribution in [2.24, 2.45) is 23.7 Å². The monoisotopic (exact) mass is 1190 g/mol. The van der Waals surface area contributed by atoms with Crippen molar-refractivity contribution >= 4 is 52.7 Å².